The molecular weight excluding hydrogens is 252 g/mol. The Morgan fingerprint density at radius 3 is 2.61 bits per heavy atom. The molecule has 0 amide bonds. The Kier molecular flexibility index (Phi) is 4.56. The highest BCUT2D eigenvalue weighted by Crippen LogP contribution is 2.26. The van der Waals surface area contributed by atoms with Crippen LogP contribution in [-0.2, 0) is 10.0 Å². The molecule has 0 aliphatic carbocycles. The SMILES string of the molecule is COc1cc(C#N)ccc1NS(=O)(=O)CC(C)C. The first-order valence-corrected chi connectivity index (χ1v) is 7.12. The van der Waals surface area contributed by atoms with E-state index >= 15 is 0 Å². The van der Waals surface area contributed by atoms with Crippen LogP contribution in [0.3, 0.4) is 0 Å². The summed E-state index contributed by atoms with van der Waals surface area (Å²) in [4.78, 5) is 0. The molecule has 1 aromatic carbocycles. The summed E-state index contributed by atoms with van der Waals surface area (Å²) < 4.78 is 31.1. The molecule has 0 atom stereocenters. The van der Waals surface area contributed by atoms with Gasteiger partial charge in [0.2, 0.25) is 10.0 Å². The number of nitriles is 1. The van der Waals surface area contributed by atoms with E-state index in [9.17, 15) is 8.42 Å². The molecule has 0 radical (unpaired) electrons. The lowest BCUT2D eigenvalue weighted by molar-refractivity contribution is 0.416. The largest absolute Gasteiger partial charge is 0.495 e. The fourth-order valence-corrected chi connectivity index (χ4v) is 2.96. The summed E-state index contributed by atoms with van der Waals surface area (Å²) in [7, 11) is -1.97. The van der Waals surface area contributed by atoms with Gasteiger partial charge in [-0.1, -0.05) is 13.8 Å². The Labute approximate surface area is 107 Å². The van der Waals surface area contributed by atoms with E-state index < -0.39 is 10.0 Å². The van der Waals surface area contributed by atoms with Gasteiger partial charge in [-0.15, -0.1) is 0 Å². The van der Waals surface area contributed by atoms with Crippen LogP contribution in [0.2, 0.25) is 0 Å². The third-order valence-corrected chi connectivity index (χ3v) is 3.79. The molecule has 0 unspecified atom stereocenters. The second kappa shape index (κ2) is 5.74. The van der Waals surface area contributed by atoms with Gasteiger partial charge in [-0.2, -0.15) is 5.26 Å². The van der Waals surface area contributed by atoms with Crippen molar-refractivity contribution in [3.05, 3.63) is 23.8 Å². The lowest BCUT2D eigenvalue weighted by atomic mass is 10.2. The lowest BCUT2D eigenvalue weighted by Gasteiger charge is -2.13. The van der Waals surface area contributed by atoms with Gasteiger partial charge >= 0.3 is 0 Å². The molecule has 0 saturated heterocycles. The zero-order valence-corrected chi connectivity index (χ0v) is 11.4. The van der Waals surface area contributed by atoms with Crippen molar-refractivity contribution in [2.45, 2.75) is 13.8 Å². The monoisotopic (exact) mass is 268 g/mol. The van der Waals surface area contributed by atoms with E-state index in [-0.39, 0.29) is 11.7 Å². The van der Waals surface area contributed by atoms with Crippen LogP contribution in [0.1, 0.15) is 19.4 Å². The van der Waals surface area contributed by atoms with Crippen molar-refractivity contribution < 1.29 is 13.2 Å². The summed E-state index contributed by atoms with van der Waals surface area (Å²) in [5, 5.41) is 8.76. The molecule has 1 rings (SSSR count). The molecule has 0 aromatic heterocycles. The summed E-state index contributed by atoms with van der Waals surface area (Å²) in [6.07, 6.45) is 0. The minimum absolute atomic E-state index is 0.0341. The molecule has 0 bridgehead atoms. The fourth-order valence-electron chi connectivity index (χ4n) is 1.49. The van der Waals surface area contributed by atoms with Gasteiger partial charge in [0.15, 0.2) is 0 Å². The van der Waals surface area contributed by atoms with Crippen molar-refractivity contribution >= 4 is 15.7 Å². The second-order valence-corrected chi connectivity index (χ2v) is 6.07. The van der Waals surface area contributed by atoms with Crippen LogP contribution in [0.4, 0.5) is 5.69 Å². The molecule has 1 aromatic rings. The first-order chi connectivity index (χ1) is 8.38. The predicted octanol–water partition coefficient (Wildman–Crippen LogP) is 1.96. The normalized spacial score (nSPS) is 11.1. The van der Waals surface area contributed by atoms with E-state index in [1.807, 2.05) is 19.9 Å². The van der Waals surface area contributed by atoms with Crippen molar-refractivity contribution in [2.75, 3.05) is 17.6 Å². The molecular formula is C12H16N2O3S. The van der Waals surface area contributed by atoms with Gasteiger partial charge in [0.25, 0.3) is 0 Å². The van der Waals surface area contributed by atoms with Gasteiger partial charge in [-0.25, -0.2) is 8.42 Å². The minimum Gasteiger partial charge on any atom is -0.495 e. The van der Waals surface area contributed by atoms with Crippen molar-refractivity contribution in [1.82, 2.24) is 0 Å². The number of hydrogen-bond acceptors (Lipinski definition) is 4. The number of nitrogens with zero attached hydrogens (tertiary/aromatic N) is 1. The third-order valence-electron chi connectivity index (χ3n) is 2.15. The highest BCUT2D eigenvalue weighted by molar-refractivity contribution is 7.92. The van der Waals surface area contributed by atoms with Crippen LogP contribution in [0.25, 0.3) is 0 Å². The quantitative estimate of drug-likeness (QED) is 0.885. The smallest absolute Gasteiger partial charge is 0.233 e. The highest BCUT2D eigenvalue weighted by Gasteiger charge is 2.15. The van der Waals surface area contributed by atoms with Gasteiger partial charge < -0.3 is 4.74 Å². The van der Waals surface area contributed by atoms with E-state index in [4.69, 9.17) is 10.00 Å². The summed E-state index contributed by atoms with van der Waals surface area (Å²) >= 11 is 0. The topological polar surface area (TPSA) is 79.2 Å². The molecule has 0 aliphatic rings. The molecule has 0 spiro atoms. The van der Waals surface area contributed by atoms with E-state index in [1.54, 1.807) is 0 Å². The van der Waals surface area contributed by atoms with Crippen LogP contribution in [-0.4, -0.2) is 21.3 Å². The summed E-state index contributed by atoms with van der Waals surface area (Å²) in [6, 6.07) is 6.52. The van der Waals surface area contributed by atoms with Crippen molar-refractivity contribution in [1.29, 1.82) is 5.26 Å². The molecule has 0 aliphatic heterocycles. The molecule has 5 nitrogen and oxygen atoms in total. The van der Waals surface area contributed by atoms with Gasteiger partial charge in [-0.05, 0) is 18.1 Å². The van der Waals surface area contributed by atoms with Crippen LogP contribution in [0.5, 0.6) is 5.75 Å². The average Bonchev–Trinajstić information content (AvgIpc) is 2.27. The first kappa shape index (κ1) is 14.3. The average molecular weight is 268 g/mol. The van der Waals surface area contributed by atoms with Gasteiger partial charge in [0.05, 0.1) is 30.2 Å². The Morgan fingerprint density at radius 2 is 2.11 bits per heavy atom. The van der Waals surface area contributed by atoms with Crippen molar-refractivity contribution in [2.24, 2.45) is 5.92 Å². The number of hydrogen-bond donors (Lipinski definition) is 1. The summed E-state index contributed by atoms with van der Waals surface area (Å²) in [5.41, 5.74) is 0.760. The standard InChI is InChI=1S/C12H16N2O3S/c1-9(2)8-18(15,16)14-11-5-4-10(7-13)6-12(11)17-3/h4-6,9,14H,8H2,1-3H3. The number of benzene rings is 1. The van der Waals surface area contributed by atoms with Crippen molar-refractivity contribution in [3.8, 4) is 11.8 Å². The van der Waals surface area contributed by atoms with Crippen LogP contribution in [0.15, 0.2) is 18.2 Å². The van der Waals surface area contributed by atoms with E-state index in [0.29, 0.717) is 17.0 Å². The number of sulfonamides is 1. The Bertz CT molecular complexity index is 559. The number of anilines is 1. The summed E-state index contributed by atoms with van der Waals surface area (Å²) in [5.74, 6) is 0.407. The van der Waals surface area contributed by atoms with E-state index in [2.05, 4.69) is 4.72 Å². The zero-order valence-electron chi connectivity index (χ0n) is 10.6. The molecule has 6 heteroatoms. The maximum atomic E-state index is 11.8. The Morgan fingerprint density at radius 1 is 1.44 bits per heavy atom. The van der Waals surface area contributed by atoms with Gasteiger partial charge in [0.1, 0.15) is 5.75 Å². The lowest BCUT2D eigenvalue weighted by Crippen LogP contribution is -2.20. The minimum atomic E-state index is -3.40. The van der Waals surface area contributed by atoms with Gasteiger partial charge in [-0.3, -0.25) is 4.72 Å². The van der Waals surface area contributed by atoms with Crippen LogP contribution in [0, 0.1) is 17.2 Å². The van der Waals surface area contributed by atoms with E-state index in [1.165, 1.54) is 25.3 Å². The molecule has 0 heterocycles. The van der Waals surface area contributed by atoms with Crippen LogP contribution >= 0.6 is 0 Å². The third kappa shape index (κ3) is 3.93. The maximum absolute atomic E-state index is 11.8. The Hall–Kier alpha value is -1.74. The number of methoxy groups -OCH3 is 1. The number of ether oxygens (including phenoxy) is 1. The van der Waals surface area contributed by atoms with Crippen LogP contribution < -0.4 is 9.46 Å². The number of nitrogens with one attached hydrogen (secondary N) is 1. The summed E-state index contributed by atoms with van der Waals surface area (Å²) in [6.45, 7) is 3.66. The highest BCUT2D eigenvalue weighted by atomic mass is 32.2. The predicted molar refractivity (Wildman–Crippen MR) is 70.0 cm³/mol. The molecule has 18 heavy (non-hydrogen) atoms. The first-order valence-electron chi connectivity index (χ1n) is 5.46. The molecule has 0 saturated carbocycles. The van der Waals surface area contributed by atoms with Gasteiger partial charge in [0, 0.05) is 6.07 Å². The fraction of sp³-hybridized carbons (Fsp3) is 0.417. The second-order valence-electron chi connectivity index (χ2n) is 4.30. The maximum Gasteiger partial charge on any atom is 0.233 e. The Balaban J connectivity index is 3.02. The number of rotatable bonds is 5. The molecule has 98 valence electrons. The zero-order chi connectivity index (χ0) is 13.8. The van der Waals surface area contributed by atoms with E-state index in [0.717, 1.165) is 0 Å². The van der Waals surface area contributed by atoms with Crippen molar-refractivity contribution in [3.63, 3.8) is 0 Å². The molecule has 1 N–H and O–H groups in total. The molecule has 0 fully saturated rings.